The van der Waals surface area contributed by atoms with Gasteiger partial charge in [0.25, 0.3) is 5.56 Å². The number of nitrogens with zero attached hydrogens (tertiary/aromatic N) is 3. The largest absolute Gasteiger partial charge is 0.494 e. The number of ketones is 1. The Morgan fingerprint density at radius 3 is 2.51 bits per heavy atom. The van der Waals surface area contributed by atoms with Crippen LogP contribution in [0.5, 0.6) is 0 Å². The van der Waals surface area contributed by atoms with Crippen LogP contribution in [0.3, 0.4) is 0 Å². The molecule has 0 aliphatic carbocycles. The van der Waals surface area contributed by atoms with Crippen LogP contribution in [0.4, 0.5) is 13.2 Å². The maximum atomic E-state index is 13.9. The lowest BCUT2D eigenvalue weighted by Gasteiger charge is -2.08. The second kappa shape index (κ2) is 8.64. The van der Waals surface area contributed by atoms with Crippen molar-refractivity contribution in [1.29, 1.82) is 0 Å². The number of carbonyl (C=O) groups is 1. The number of nitrogens with one attached hydrogen (secondary N) is 1. The summed E-state index contributed by atoms with van der Waals surface area (Å²) in [6.07, 6.45) is 1.69. The summed E-state index contributed by atoms with van der Waals surface area (Å²) in [5, 5.41) is 3.56. The standard InChI is InChI=1S/C24H17F3N4O4/c1-5-9-15(34-4)19-13(3)35-22(29-19)17-18(12(2)32)28-21-16(14-10-7-6-8-11-14)20(24(25,26)27)30-31(21)23(17)33/h1,6-11,28H,2-4H3/b15-9+. The number of halogens is 3. The molecule has 0 aliphatic rings. The Morgan fingerprint density at radius 1 is 1.26 bits per heavy atom. The van der Waals surface area contributed by atoms with Crippen molar-refractivity contribution in [2.75, 3.05) is 7.11 Å². The first-order chi connectivity index (χ1) is 16.6. The van der Waals surface area contributed by atoms with Gasteiger partial charge in [-0.25, -0.2) is 4.98 Å². The molecule has 0 saturated carbocycles. The van der Waals surface area contributed by atoms with Gasteiger partial charge in [-0.3, -0.25) is 9.59 Å². The number of oxazole rings is 1. The maximum absolute atomic E-state index is 13.9. The minimum absolute atomic E-state index is 0.158. The van der Waals surface area contributed by atoms with E-state index in [1.165, 1.54) is 32.2 Å². The lowest BCUT2D eigenvalue weighted by Crippen LogP contribution is -2.22. The highest BCUT2D eigenvalue weighted by Gasteiger charge is 2.40. The smallest absolute Gasteiger partial charge is 0.435 e. The zero-order chi connectivity index (χ0) is 25.5. The van der Waals surface area contributed by atoms with Gasteiger partial charge in [0.05, 0.1) is 12.7 Å². The summed E-state index contributed by atoms with van der Waals surface area (Å²) >= 11 is 0. The molecule has 0 spiro atoms. The molecule has 3 heterocycles. The van der Waals surface area contributed by atoms with Gasteiger partial charge in [-0.1, -0.05) is 36.3 Å². The molecule has 4 aromatic rings. The minimum atomic E-state index is -4.88. The number of methoxy groups -OCH3 is 1. The molecule has 3 aromatic heterocycles. The number of alkyl halides is 3. The quantitative estimate of drug-likeness (QED) is 0.255. The van der Waals surface area contributed by atoms with Crippen molar-refractivity contribution in [3.05, 3.63) is 69.6 Å². The highest BCUT2D eigenvalue weighted by Crippen LogP contribution is 2.38. The van der Waals surface area contributed by atoms with E-state index in [-0.39, 0.29) is 51.1 Å². The lowest BCUT2D eigenvalue weighted by atomic mass is 10.1. The fourth-order valence-electron chi connectivity index (χ4n) is 3.64. The number of ether oxygens (including phenoxy) is 1. The first-order valence-corrected chi connectivity index (χ1v) is 10.1. The van der Waals surface area contributed by atoms with Crippen molar-refractivity contribution in [2.45, 2.75) is 20.0 Å². The fourth-order valence-corrected chi connectivity index (χ4v) is 3.64. The Balaban J connectivity index is 2.09. The lowest BCUT2D eigenvalue weighted by molar-refractivity contribution is -0.140. The van der Waals surface area contributed by atoms with Crippen LogP contribution in [0.2, 0.25) is 0 Å². The molecule has 11 heteroatoms. The van der Waals surface area contributed by atoms with Crippen LogP contribution in [0, 0.1) is 19.3 Å². The fraction of sp³-hybridized carbons (Fsp3) is 0.167. The Kier molecular flexibility index (Phi) is 5.82. The monoisotopic (exact) mass is 482 g/mol. The molecular weight excluding hydrogens is 465 g/mol. The zero-order valence-corrected chi connectivity index (χ0v) is 18.6. The normalized spacial score (nSPS) is 12.1. The van der Waals surface area contributed by atoms with E-state index in [1.54, 1.807) is 18.2 Å². The number of carbonyl (C=O) groups excluding carboxylic acids is 1. The van der Waals surface area contributed by atoms with Crippen molar-refractivity contribution in [3.63, 3.8) is 0 Å². The molecule has 0 amide bonds. The van der Waals surface area contributed by atoms with Gasteiger partial charge < -0.3 is 14.1 Å². The van der Waals surface area contributed by atoms with Crippen LogP contribution in [-0.2, 0) is 10.9 Å². The van der Waals surface area contributed by atoms with Crippen LogP contribution < -0.4 is 5.56 Å². The molecule has 0 radical (unpaired) electrons. The summed E-state index contributed by atoms with van der Waals surface area (Å²) in [6, 6.07) is 7.62. The van der Waals surface area contributed by atoms with E-state index in [9.17, 15) is 22.8 Å². The molecule has 1 aromatic carbocycles. The average molecular weight is 482 g/mol. The van der Waals surface area contributed by atoms with Crippen molar-refractivity contribution in [3.8, 4) is 34.9 Å². The molecule has 0 atom stereocenters. The number of hydrogen-bond donors (Lipinski definition) is 1. The van der Waals surface area contributed by atoms with E-state index in [2.05, 4.69) is 21.0 Å². The van der Waals surface area contributed by atoms with E-state index in [1.807, 2.05) is 0 Å². The highest BCUT2D eigenvalue weighted by molar-refractivity contribution is 5.99. The minimum Gasteiger partial charge on any atom is -0.494 e. The van der Waals surface area contributed by atoms with Gasteiger partial charge in [-0.15, -0.1) is 6.42 Å². The Labute approximate surface area is 196 Å². The summed E-state index contributed by atoms with van der Waals surface area (Å²) in [4.78, 5) is 32.9. The molecule has 0 fully saturated rings. The number of benzene rings is 1. The van der Waals surface area contributed by atoms with Crippen molar-refractivity contribution in [2.24, 2.45) is 0 Å². The summed E-state index contributed by atoms with van der Waals surface area (Å²) in [6.45, 7) is 2.68. The second-order valence-corrected chi connectivity index (χ2v) is 7.39. The summed E-state index contributed by atoms with van der Waals surface area (Å²) in [7, 11) is 1.35. The molecule has 0 saturated heterocycles. The molecule has 35 heavy (non-hydrogen) atoms. The average Bonchev–Trinajstić information content (AvgIpc) is 3.39. The van der Waals surface area contributed by atoms with Crippen LogP contribution in [0.25, 0.3) is 34.0 Å². The Morgan fingerprint density at radius 2 is 1.94 bits per heavy atom. The highest BCUT2D eigenvalue weighted by atomic mass is 19.4. The number of fused-ring (bicyclic) bond motifs is 1. The molecular formula is C24H17F3N4O4. The first kappa shape index (κ1) is 23.6. The summed E-state index contributed by atoms with van der Waals surface area (Å²) in [5.74, 6) is 1.72. The molecule has 0 bridgehead atoms. The number of rotatable bonds is 5. The molecule has 4 rings (SSSR count). The number of Topliss-reactive ketones (excluding diaryl/α,β-unsaturated/α-hetero) is 1. The number of aromatic amines is 1. The first-order valence-electron chi connectivity index (χ1n) is 10.1. The summed E-state index contributed by atoms with van der Waals surface area (Å²) in [5.41, 5.74) is -3.33. The van der Waals surface area contributed by atoms with Crippen molar-refractivity contribution in [1.82, 2.24) is 19.6 Å². The number of terminal acetylenes is 1. The van der Waals surface area contributed by atoms with Gasteiger partial charge in [-0.05, 0) is 12.5 Å². The van der Waals surface area contributed by atoms with Crippen LogP contribution in [0.15, 0.2) is 45.6 Å². The Bertz CT molecular complexity index is 1590. The predicted octanol–water partition coefficient (Wildman–Crippen LogP) is 4.49. The third-order valence-corrected chi connectivity index (χ3v) is 5.15. The zero-order valence-electron chi connectivity index (χ0n) is 18.6. The topological polar surface area (TPSA) is 102 Å². The number of aromatic nitrogens is 4. The van der Waals surface area contributed by atoms with Crippen LogP contribution in [0.1, 0.15) is 34.6 Å². The van der Waals surface area contributed by atoms with Gasteiger partial charge in [-0.2, -0.15) is 22.8 Å². The molecule has 178 valence electrons. The van der Waals surface area contributed by atoms with E-state index in [0.717, 1.165) is 6.92 Å². The Hall–Kier alpha value is -4.59. The third-order valence-electron chi connectivity index (χ3n) is 5.15. The number of H-pyrrole nitrogens is 1. The molecule has 8 nitrogen and oxygen atoms in total. The summed E-state index contributed by atoms with van der Waals surface area (Å²) < 4.78 is 53.1. The van der Waals surface area contributed by atoms with E-state index < -0.39 is 23.2 Å². The number of hydrogen-bond acceptors (Lipinski definition) is 6. The molecule has 0 aliphatic heterocycles. The number of aryl methyl sites for hydroxylation is 1. The van der Waals surface area contributed by atoms with Gasteiger partial charge in [0, 0.05) is 13.0 Å². The van der Waals surface area contributed by atoms with Gasteiger partial charge in [0.2, 0.25) is 5.89 Å². The van der Waals surface area contributed by atoms with E-state index >= 15 is 0 Å². The van der Waals surface area contributed by atoms with Gasteiger partial charge in [0.15, 0.2) is 17.2 Å². The van der Waals surface area contributed by atoms with Crippen molar-refractivity contribution >= 4 is 17.2 Å². The van der Waals surface area contributed by atoms with E-state index in [0.29, 0.717) is 4.52 Å². The maximum Gasteiger partial charge on any atom is 0.435 e. The third kappa shape index (κ3) is 3.99. The SMILES string of the molecule is C#C/C=C(/OC)c1nc(-c2c(C(C)=O)[nH]c3c(-c4ccccc4)c(C(F)(F)F)nn3c2=O)oc1C. The van der Waals surface area contributed by atoms with Crippen LogP contribution in [-0.4, -0.2) is 32.5 Å². The van der Waals surface area contributed by atoms with Gasteiger partial charge in [0.1, 0.15) is 28.4 Å². The predicted molar refractivity (Wildman–Crippen MR) is 120 cm³/mol. The molecule has 1 N–H and O–H groups in total. The van der Waals surface area contributed by atoms with Crippen molar-refractivity contribution < 1.29 is 27.1 Å². The molecule has 0 unspecified atom stereocenters. The van der Waals surface area contributed by atoms with Crippen LogP contribution >= 0.6 is 0 Å². The second-order valence-electron chi connectivity index (χ2n) is 7.39. The van der Waals surface area contributed by atoms with Gasteiger partial charge >= 0.3 is 6.18 Å². The van der Waals surface area contributed by atoms with E-state index in [4.69, 9.17) is 15.6 Å². The number of allylic oxidation sites excluding steroid dienone is 1.